The molecule has 0 atom stereocenters. The molecule has 0 saturated carbocycles. The van der Waals surface area contributed by atoms with Crippen LogP contribution < -0.4 is 17.0 Å². The van der Waals surface area contributed by atoms with Crippen molar-refractivity contribution in [3.63, 3.8) is 0 Å². The number of nitrogen functional groups attached to an aromatic ring is 1. The van der Waals surface area contributed by atoms with Gasteiger partial charge >= 0.3 is 0 Å². The monoisotopic (exact) mass is 241 g/mol. The summed E-state index contributed by atoms with van der Waals surface area (Å²) in [6.45, 7) is 0.536. The highest BCUT2D eigenvalue weighted by Crippen LogP contribution is 2.09. The van der Waals surface area contributed by atoms with E-state index in [1.807, 2.05) is 36.4 Å². The molecule has 5 N–H and O–H groups in total. The Morgan fingerprint density at radius 3 is 2.72 bits per heavy atom. The Hall–Kier alpha value is -2.40. The van der Waals surface area contributed by atoms with Gasteiger partial charge in [-0.05, 0) is 29.8 Å². The van der Waals surface area contributed by atoms with Crippen LogP contribution in [0.2, 0.25) is 0 Å². The second-order valence-electron chi connectivity index (χ2n) is 3.78. The van der Waals surface area contributed by atoms with E-state index in [9.17, 15) is 0 Å². The summed E-state index contributed by atoms with van der Waals surface area (Å²) in [5.74, 6) is 5.84. The molecule has 0 radical (unpaired) electrons. The third kappa shape index (κ3) is 3.05. The molecule has 0 saturated heterocycles. The van der Waals surface area contributed by atoms with Gasteiger partial charge in [0.15, 0.2) is 0 Å². The summed E-state index contributed by atoms with van der Waals surface area (Å²) in [6, 6.07) is 11.3. The minimum absolute atomic E-state index is 0.490. The Bertz CT molecular complexity index is 536. The number of hydrogen-bond donors (Lipinski definition) is 3. The largest absolute Gasteiger partial charge is 0.383 e. The predicted octanol–water partition coefficient (Wildman–Crippen LogP) is 1.27. The second-order valence-corrected chi connectivity index (χ2v) is 3.78. The van der Waals surface area contributed by atoms with E-state index >= 15 is 0 Å². The Morgan fingerprint density at radius 2 is 2.00 bits per heavy atom. The zero-order valence-corrected chi connectivity index (χ0v) is 9.88. The topological polar surface area (TPSA) is 89.3 Å². The van der Waals surface area contributed by atoms with E-state index in [0.29, 0.717) is 12.4 Å². The van der Waals surface area contributed by atoms with Gasteiger partial charge in [0.05, 0.1) is 6.54 Å². The fraction of sp³-hybridized carbons (Fsp3) is 0.0769. The first-order chi connectivity index (χ1) is 8.79. The van der Waals surface area contributed by atoms with E-state index in [-0.39, 0.29) is 0 Å². The SMILES string of the molecule is NNc1cccc(C(N)=NCc2ccncc2)c1. The average molecular weight is 241 g/mol. The van der Waals surface area contributed by atoms with Crippen molar-refractivity contribution in [3.05, 3.63) is 59.9 Å². The molecule has 0 aliphatic carbocycles. The molecule has 0 amide bonds. The molecule has 2 aromatic rings. The summed E-state index contributed by atoms with van der Waals surface area (Å²) >= 11 is 0. The number of hydrazine groups is 1. The van der Waals surface area contributed by atoms with Crippen LogP contribution in [0.15, 0.2) is 53.8 Å². The first-order valence-corrected chi connectivity index (χ1v) is 5.55. The number of nitrogens with one attached hydrogen (secondary N) is 1. The molecule has 1 heterocycles. The number of amidine groups is 1. The number of benzene rings is 1. The number of anilines is 1. The van der Waals surface area contributed by atoms with Crippen molar-refractivity contribution in [1.29, 1.82) is 0 Å². The Labute approximate surface area is 106 Å². The molecule has 0 aliphatic heterocycles. The van der Waals surface area contributed by atoms with E-state index < -0.39 is 0 Å². The Kier molecular flexibility index (Phi) is 3.88. The highest BCUT2D eigenvalue weighted by molar-refractivity contribution is 5.98. The highest BCUT2D eigenvalue weighted by Gasteiger charge is 1.99. The lowest BCUT2D eigenvalue weighted by atomic mass is 10.2. The van der Waals surface area contributed by atoms with Gasteiger partial charge in [0.1, 0.15) is 5.84 Å². The first kappa shape index (κ1) is 12.1. The van der Waals surface area contributed by atoms with Gasteiger partial charge in [0.25, 0.3) is 0 Å². The van der Waals surface area contributed by atoms with Crippen LogP contribution in [-0.2, 0) is 6.54 Å². The van der Waals surface area contributed by atoms with Crippen molar-refractivity contribution in [1.82, 2.24) is 4.98 Å². The lowest BCUT2D eigenvalue weighted by Crippen LogP contribution is -2.15. The molecule has 2 rings (SSSR count). The molecule has 0 bridgehead atoms. The summed E-state index contributed by atoms with van der Waals surface area (Å²) in [5.41, 5.74) is 11.2. The highest BCUT2D eigenvalue weighted by atomic mass is 15.2. The minimum atomic E-state index is 0.490. The third-order valence-electron chi connectivity index (χ3n) is 2.51. The van der Waals surface area contributed by atoms with Gasteiger partial charge in [0.2, 0.25) is 0 Å². The summed E-state index contributed by atoms with van der Waals surface area (Å²) in [6.07, 6.45) is 3.47. The van der Waals surface area contributed by atoms with Crippen LogP contribution >= 0.6 is 0 Å². The summed E-state index contributed by atoms with van der Waals surface area (Å²) in [7, 11) is 0. The van der Waals surface area contributed by atoms with Crippen molar-refractivity contribution in [2.75, 3.05) is 5.43 Å². The zero-order chi connectivity index (χ0) is 12.8. The van der Waals surface area contributed by atoms with E-state index in [2.05, 4.69) is 15.4 Å². The van der Waals surface area contributed by atoms with Crippen molar-refractivity contribution in [2.24, 2.45) is 16.6 Å². The Balaban J connectivity index is 2.12. The fourth-order valence-corrected chi connectivity index (χ4v) is 1.52. The van der Waals surface area contributed by atoms with Gasteiger partial charge in [-0.3, -0.25) is 15.8 Å². The first-order valence-electron chi connectivity index (χ1n) is 5.55. The van der Waals surface area contributed by atoms with Crippen molar-refractivity contribution >= 4 is 11.5 Å². The molecule has 1 aromatic heterocycles. The molecule has 18 heavy (non-hydrogen) atoms. The maximum atomic E-state index is 5.93. The van der Waals surface area contributed by atoms with Gasteiger partial charge in [-0.1, -0.05) is 12.1 Å². The lowest BCUT2D eigenvalue weighted by molar-refractivity contribution is 1.05. The number of nitrogens with zero attached hydrogens (tertiary/aromatic N) is 2. The molecule has 5 nitrogen and oxygen atoms in total. The van der Waals surface area contributed by atoms with Crippen molar-refractivity contribution in [3.8, 4) is 0 Å². The van der Waals surface area contributed by atoms with Gasteiger partial charge in [-0.2, -0.15) is 0 Å². The van der Waals surface area contributed by atoms with Crippen LogP contribution in [0.25, 0.3) is 0 Å². The normalized spacial score (nSPS) is 11.3. The molecule has 92 valence electrons. The van der Waals surface area contributed by atoms with Crippen LogP contribution in [0.1, 0.15) is 11.1 Å². The Morgan fingerprint density at radius 1 is 1.22 bits per heavy atom. The quantitative estimate of drug-likeness (QED) is 0.325. The smallest absolute Gasteiger partial charge is 0.126 e. The molecule has 1 aromatic carbocycles. The number of pyridine rings is 1. The second kappa shape index (κ2) is 5.79. The van der Waals surface area contributed by atoms with Gasteiger partial charge in [-0.25, -0.2) is 0 Å². The maximum Gasteiger partial charge on any atom is 0.126 e. The molecule has 0 unspecified atom stereocenters. The van der Waals surface area contributed by atoms with Crippen molar-refractivity contribution in [2.45, 2.75) is 6.54 Å². The van der Waals surface area contributed by atoms with E-state index in [1.54, 1.807) is 12.4 Å². The van der Waals surface area contributed by atoms with Crippen LogP contribution in [0.5, 0.6) is 0 Å². The molecule has 0 spiro atoms. The van der Waals surface area contributed by atoms with Gasteiger partial charge in [0, 0.05) is 23.6 Å². The summed E-state index contributed by atoms with van der Waals surface area (Å²) < 4.78 is 0. The minimum Gasteiger partial charge on any atom is -0.383 e. The fourth-order valence-electron chi connectivity index (χ4n) is 1.52. The number of rotatable bonds is 4. The van der Waals surface area contributed by atoms with Crippen LogP contribution in [0.3, 0.4) is 0 Å². The molecule has 5 heteroatoms. The number of aromatic nitrogens is 1. The lowest BCUT2D eigenvalue weighted by Gasteiger charge is -2.04. The molecular formula is C13H15N5. The van der Waals surface area contributed by atoms with Crippen LogP contribution in [-0.4, -0.2) is 10.8 Å². The maximum absolute atomic E-state index is 5.93. The van der Waals surface area contributed by atoms with Gasteiger partial charge < -0.3 is 11.2 Å². The number of hydrogen-bond acceptors (Lipinski definition) is 4. The predicted molar refractivity (Wildman–Crippen MR) is 72.9 cm³/mol. The van der Waals surface area contributed by atoms with Crippen LogP contribution in [0, 0.1) is 0 Å². The molecular weight excluding hydrogens is 226 g/mol. The van der Waals surface area contributed by atoms with Crippen molar-refractivity contribution < 1.29 is 0 Å². The van der Waals surface area contributed by atoms with E-state index in [0.717, 1.165) is 16.8 Å². The average Bonchev–Trinajstić information content (AvgIpc) is 2.46. The van der Waals surface area contributed by atoms with E-state index in [1.165, 1.54) is 0 Å². The summed E-state index contributed by atoms with van der Waals surface area (Å²) in [5, 5.41) is 0. The number of aliphatic imine (C=N–C) groups is 1. The zero-order valence-electron chi connectivity index (χ0n) is 9.88. The van der Waals surface area contributed by atoms with Crippen LogP contribution in [0.4, 0.5) is 5.69 Å². The third-order valence-corrected chi connectivity index (χ3v) is 2.51. The summed E-state index contributed by atoms with van der Waals surface area (Å²) in [4.78, 5) is 8.29. The number of nitrogens with two attached hydrogens (primary N) is 2. The van der Waals surface area contributed by atoms with Gasteiger partial charge in [-0.15, -0.1) is 0 Å². The molecule has 0 aliphatic rings. The molecule has 0 fully saturated rings. The standard InChI is InChI=1S/C13H15N5/c14-13(11-2-1-3-12(8-11)18-15)17-9-10-4-6-16-7-5-10/h1-8,18H,9,15H2,(H2,14,17). The van der Waals surface area contributed by atoms with E-state index in [4.69, 9.17) is 11.6 Å².